The minimum absolute atomic E-state index is 0.0430. The second kappa shape index (κ2) is 63.2. The monoisotopic (exact) mass is 1150 g/mol. The van der Waals surface area contributed by atoms with E-state index in [4.69, 9.17) is 9.47 Å². The molecule has 3 unspecified atom stereocenters. The van der Waals surface area contributed by atoms with Crippen LogP contribution in [0.2, 0.25) is 0 Å². The largest absolute Gasteiger partial charge is 0.462 e. The van der Waals surface area contributed by atoms with Gasteiger partial charge in [0, 0.05) is 58.9 Å². The van der Waals surface area contributed by atoms with E-state index in [0.29, 0.717) is 45.8 Å². The third-order valence-corrected chi connectivity index (χ3v) is 17.0. The van der Waals surface area contributed by atoms with Gasteiger partial charge in [-0.3, -0.25) is 19.4 Å². The molecule has 3 atom stereocenters. The topological polar surface area (TPSA) is 126 Å². The molecule has 0 bridgehead atoms. The smallest absolute Gasteiger partial charge is 0.307 e. The lowest BCUT2D eigenvalue weighted by Gasteiger charge is -2.29. The van der Waals surface area contributed by atoms with Crippen molar-refractivity contribution < 1.29 is 34.4 Å². The first-order valence-corrected chi connectivity index (χ1v) is 35.7. The maximum Gasteiger partial charge on any atom is 0.307 e. The predicted octanol–water partition coefficient (Wildman–Crippen LogP) is 17.0. The number of carbonyl (C=O) groups is 2. The van der Waals surface area contributed by atoms with E-state index in [1.54, 1.807) is 0 Å². The van der Waals surface area contributed by atoms with Crippen LogP contribution < -0.4 is 0 Å². The average Bonchev–Trinajstić information content (AvgIpc) is 3.45. The second-order valence-electron chi connectivity index (χ2n) is 25.4. The molecule has 0 saturated heterocycles. The summed E-state index contributed by atoms with van der Waals surface area (Å²) >= 11 is 0. The number of hydrogen-bond acceptors (Lipinski definition) is 11. The summed E-state index contributed by atoms with van der Waals surface area (Å²) < 4.78 is 10.9. The van der Waals surface area contributed by atoms with E-state index in [9.17, 15) is 24.9 Å². The van der Waals surface area contributed by atoms with Gasteiger partial charge in [-0.2, -0.15) is 0 Å². The first kappa shape index (κ1) is 79.7. The van der Waals surface area contributed by atoms with Gasteiger partial charge in [0.05, 0.1) is 31.2 Å². The zero-order valence-corrected chi connectivity index (χ0v) is 55.2. The number of aliphatic hydroxyl groups is 3. The Labute approximate surface area is 504 Å². The lowest BCUT2D eigenvalue weighted by Crippen LogP contribution is -2.42. The minimum Gasteiger partial charge on any atom is -0.462 e. The Morgan fingerprint density at radius 1 is 0.296 bits per heavy atom. The number of nitrogens with zero attached hydrogens (tertiary/aromatic N) is 4. The summed E-state index contributed by atoms with van der Waals surface area (Å²) in [5.41, 5.74) is 0. The zero-order valence-electron chi connectivity index (χ0n) is 55.2. The van der Waals surface area contributed by atoms with E-state index >= 15 is 0 Å². The molecule has 3 N–H and O–H groups in total. The van der Waals surface area contributed by atoms with Crippen molar-refractivity contribution in [1.82, 2.24) is 19.6 Å². The van der Waals surface area contributed by atoms with Crippen LogP contribution in [0.15, 0.2) is 0 Å². The Morgan fingerprint density at radius 2 is 0.531 bits per heavy atom. The van der Waals surface area contributed by atoms with Crippen LogP contribution in [0.25, 0.3) is 0 Å². The average molecular weight is 1150 g/mol. The van der Waals surface area contributed by atoms with Crippen LogP contribution in [0.4, 0.5) is 0 Å². The van der Waals surface area contributed by atoms with Gasteiger partial charge in [-0.25, -0.2) is 0 Å². The maximum atomic E-state index is 12.7. The van der Waals surface area contributed by atoms with Crippen LogP contribution in [-0.4, -0.2) is 158 Å². The highest BCUT2D eigenvalue weighted by atomic mass is 16.6. The fourth-order valence-electron chi connectivity index (χ4n) is 11.4. The van der Waals surface area contributed by atoms with E-state index < -0.39 is 12.2 Å². The summed E-state index contributed by atoms with van der Waals surface area (Å²) in [6.45, 7) is 16.3. The maximum absolute atomic E-state index is 12.7. The zero-order chi connectivity index (χ0) is 59.3. The first-order valence-electron chi connectivity index (χ1n) is 35.7. The Morgan fingerprint density at radius 3 is 0.815 bits per heavy atom. The Hall–Kier alpha value is -1.34. The molecule has 0 saturated carbocycles. The number of hydrogen-bond donors (Lipinski definition) is 3. The van der Waals surface area contributed by atoms with E-state index in [1.165, 1.54) is 231 Å². The van der Waals surface area contributed by atoms with Crippen molar-refractivity contribution in [3.05, 3.63) is 0 Å². The number of likely N-dealkylation sites (N-methyl/N-ethyl adjacent to an activating group) is 2. The third kappa shape index (κ3) is 60.2. The Balaban J connectivity index is 4.76. The molecule has 0 amide bonds. The normalized spacial score (nSPS) is 13.1. The van der Waals surface area contributed by atoms with Crippen molar-refractivity contribution in [3.63, 3.8) is 0 Å². The van der Waals surface area contributed by atoms with Crippen molar-refractivity contribution >= 4 is 11.9 Å². The van der Waals surface area contributed by atoms with Gasteiger partial charge in [0.1, 0.15) is 13.2 Å². The second-order valence-corrected chi connectivity index (χ2v) is 25.4. The molecule has 0 aliphatic heterocycles. The number of rotatable bonds is 67. The molecule has 0 aromatic rings. The SMILES string of the molecule is CCCCCCCCCCCCCCN(CCN(C)CCC(=O)OCCOC(=O)CCN(C)CCN(CC(O)CCCCCCCCCCCC)CC(O)CCCCCCCCCCCC)CC(O)CCCCCCCCCCCC. The predicted molar refractivity (Wildman–Crippen MR) is 348 cm³/mol. The fourth-order valence-corrected chi connectivity index (χ4v) is 11.4. The van der Waals surface area contributed by atoms with Gasteiger partial charge >= 0.3 is 11.9 Å². The molecule has 0 aromatic carbocycles. The standard InChI is InChI=1S/C70H142N4O7/c1-7-11-15-19-23-27-31-32-36-40-44-48-54-73(63-66(75)49-45-41-37-33-28-24-20-16-12-8-2)59-57-71(5)55-52-69(78)80-61-62-81-70(79)53-56-72(6)58-60-74(64-67(76)50-46-42-38-34-29-25-21-17-13-9-3)65-68(77)51-47-43-39-35-30-26-22-18-14-10-4/h66-68,75-77H,7-65H2,1-6H3. The van der Waals surface area contributed by atoms with Crippen molar-refractivity contribution in [1.29, 1.82) is 0 Å². The number of carbonyl (C=O) groups excluding carboxylic acids is 2. The molecule has 0 aliphatic rings. The lowest BCUT2D eigenvalue weighted by atomic mass is 10.0. The number of unbranched alkanes of at least 4 members (excludes halogenated alkanes) is 38. The Bertz CT molecular complexity index is 1250. The van der Waals surface area contributed by atoms with Gasteiger partial charge in [-0.15, -0.1) is 0 Å². The lowest BCUT2D eigenvalue weighted by molar-refractivity contribution is -0.152. The van der Waals surface area contributed by atoms with Crippen molar-refractivity contribution in [3.8, 4) is 0 Å². The number of aliphatic hydroxyl groups excluding tert-OH is 3. The molecular weight excluding hydrogens is 1010 g/mol. The molecule has 0 radical (unpaired) electrons. The highest BCUT2D eigenvalue weighted by Gasteiger charge is 2.18. The molecule has 0 fully saturated rings. The quantitative estimate of drug-likeness (QED) is 0.0398. The summed E-state index contributed by atoms with van der Waals surface area (Å²) in [7, 11) is 4.06. The molecule has 0 heterocycles. The van der Waals surface area contributed by atoms with Gasteiger partial charge in [0.2, 0.25) is 0 Å². The molecule has 11 heteroatoms. The van der Waals surface area contributed by atoms with Gasteiger partial charge in [0.25, 0.3) is 0 Å². The fraction of sp³-hybridized carbons (Fsp3) is 0.971. The van der Waals surface area contributed by atoms with Crippen LogP contribution in [0.3, 0.4) is 0 Å². The van der Waals surface area contributed by atoms with E-state index in [1.807, 2.05) is 7.05 Å². The summed E-state index contributed by atoms with van der Waals surface area (Å²) in [5.74, 6) is -0.598. The van der Waals surface area contributed by atoms with E-state index in [0.717, 1.165) is 77.4 Å². The van der Waals surface area contributed by atoms with Crippen LogP contribution in [-0.2, 0) is 19.1 Å². The molecule has 0 rings (SSSR count). The van der Waals surface area contributed by atoms with Crippen molar-refractivity contribution in [2.75, 3.05) is 92.8 Å². The number of ether oxygens (including phenoxy) is 2. The van der Waals surface area contributed by atoms with Crippen molar-refractivity contribution in [2.24, 2.45) is 0 Å². The van der Waals surface area contributed by atoms with E-state index in [-0.39, 0.29) is 44.1 Å². The summed E-state index contributed by atoms with van der Waals surface area (Å²) in [4.78, 5) is 34.4. The molecule has 0 spiro atoms. The van der Waals surface area contributed by atoms with Crippen LogP contribution in [0.1, 0.15) is 329 Å². The van der Waals surface area contributed by atoms with E-state index in [2.05, 4.69) is 54.3 Å². The number of esters is 2. The molecule has 0 aromatic heterocycles. The molecule has 11 nitrogen and oxygen atoms in total. The molecular formula is C70H142N4O7. The van der Waals surface area contributed by atoms with Crippen LogP contribution >= 0.6 is 0 Å². The first-order chi connectivity index (χ1) is 39.5. The highest BCUT2D eigenvalue weighted by molar-refractivity contribution is 5.70. The summed E-state index contributed by atoms with van der Waals surface area (Å²) in [5, 5.41) is 33.3. The van der Waals surface area contributed by atoms with Crippen LogP contribution in [0, 0.1) is 0 Å². The molecule has 484 valence electrons. The van der Waals surface area contributed by atoms with Gasteiger partial charge in [-0.05, 0) is 46.3 Å². The third-order valence-electron chi connectivity index (χ3n) is 17.0. The molecule has 0 aliphatic carbocycles. The Kier molecular flexibility index (Phi) is 62.1. The van der Waals surface area contributed by atoms with Crippen LogP contribution in [0.5, 0.6) is 0 Å². The van der Waals surface area contributed by atoms with Gasteiger partial charge < -0.3 is 34.6 Å². The van der Waals surface area contributed by atoms with Gasteiger partial charge in [-0.1, -0.05) is 291 Å². The van der Waals surface area contributed by atoms with Gasteiger partial charge in [0.15, 0.2) is 0 Å². The highest BCUT2D eigenvalue weighted by Crippen LogP contribution is 2.18. The summed E-state index contributed by atoms with van der Waals surface area (Å²) in [6.07, 6.45) is 56.4. The minimum atomic E-state index is -0.414. The molecule has 81 heavy (non-hydrogen) atoms. The van der Waals surface area contributed by atoms with Crippen molar-refractivity contribution in [2.45, 2.75) is 348 Å². The summed E-state index contributed by atoms with van der Waals surface area (Å²) in [6, 6.07) is 0.